The number of hydrogen-bond acceptors (Lipinski definition) is 3. The van der Waals surface area contributed by atoms with Crippen molar-refractivity contribution in [2.45, 2.75) is 6.73 Å². The Morgan fingerprint density at radius 1 is 1.50 bits per heavy atom. The first kappa shape index (κ1) is 14.1. The second-order valence-electron chi connectivity index (χ2n) is 3.97. The van der Waals surface area contributed by atoms with Crippen molar-refractivity contribution in [3.8, 4) is 5.75 Å². The first-order chi connectivity index (χ1) is 9.69. The van der Waals surface area contributed by atoms with E-state index in [9.17, 15) is 4.79 Å². The Morgan fingerprint density at radius 3 is 3.10 bits per heavy atom. The van der Waals surface area contributed by atoms with Gasteiger partial charge in [0.1, 0.15) is 11.4 Å². The fourth-order valence-electron chi connectivity index (χ4n) is 1.51. The molecule has 0 bridgehead atoms. The number of rotatable bonds is 6. The quantitative estimate of drug-likeness (QED) is 0.832. The second kappa shape index (κ2) is 6.77. The first-order valence-corrected chi connectivity index (χ1v) is 6.38. The molecule has 0 radical (unpaired) electrons. The van der Waals surface area contributed by atoms with E-state index in [0.29, 0.717) is 23.0 Å². The Bertz CT molecular complexity index is 610. The number of ether oxygens (including phenoxy) is 1. The monoisotopic (exact) mass is 291 g/mol. The summed E-state index contributed by atoms with van der Waals surface area (Å²) in [6, 6.07) is 8.70. The van der Waals surface area contributed by atoms with Crippen molar-refractivity contribution in [2.75, 3.05) is 6.54 Å². The maximum Gasteiger partial charge on any atom is 0.272 e. The Kier molecular flexibility index (Phi) is 4.79. The number of carbonyl (C=O) groups is 1. The average Bonchev–Trinajstić information content (AvgIpc) is 2.91. The predicted molar refractivity (Wildman–Crippen MR) is 76.8 cm³/mol. The van der Waals surface area contributed by atoms with Gasteiger partial charge < -0.3 is 10.1 Å². The lowest BCUT2D eigenvalue weighted by Crippen LogP contribution is -2.24. The molecule has 6 heteroatoms. The standard InChI is InChI=1S/C14H14ClN3O2/c1-2-7-16-14(19)13-6-8-18(17-13)10-20-12-5-3-4-11(15)9-12/h2-6,8-9H,1,7,10H2,(H,16,19). The average molecular weight is 292 g/mol. The van der Waals surface area contributed by atoms with Gasteiger partial charge in [-0.05, 0) is 24.3 Å². The van der Waals surface area contributed by atoms with Gasteiger partial charge in [-0.3, -0.25) is 4.79 Å². The SMILES string of the molecule is C=CCNC(=O)c1ccn(COc2cccc(Cl)c2)n1. The third kappa shape index (κ3) is 3.86. The van der Waals surface area contributed by atoms with E-state index in [0.717, 1.165) is 0 Å². The molecule has 0 fully saturated rings. The maximum absolute atomic E-state index is 11.6. The van der Waals surface area contributed by atoms with Gasteiger partial charge in [0.2, 0.25) is 0 Å². The molecule has 0 aliphatic rings. The minimum atomic E-state index is -0.244. The molecule has 0 spiro atoms. The highest BCUT2D eigenvalue weighted by atomic mass is 35.5. The van der Waals surface area contributed by atoms with Crippen molar-refractivity contribution in [3.63, 3.8) is 0 Å². The molecule has 1 aromatic heterocycles. The van der Waals surface area contributed by atoms with Crippen LogP contribution in [0.3, 0.4) is 0 Å². The molecule has 0 aliphatic carbocycles. The molecule has 2 aromatic rings. The molecule has 1 heterocycles. The highest BCUT2D eigenvalue weighted by Crippen LogP contribution is 2.17. The summed E-state index contributed by atoms with van der Waals surface area (Å²) >= 11 is 5.86. The molecular formula is C14H14ClN3O2. The third-order valence-corrected chi connectivity index (χ3v) is 2.67. The summed E-state index contributed by atoms with van der Waals surface area (Å²) in [7, 11) is 0. The summed E-state index contributed by atoms with van der Waals surface area (Å²) in [5.74, 6) is 0.400. The van der Waals surface area contributed by atoms with E-state index >= 15 is 0 Å². The minimum Gasteiger partial charge on any atom is -0.471 e. The fourth-order valence-corrected chi connectivity index (χ4v) is 1.69. The van der Waals surface area contributed by atoms with Crippen LogP contribution < -0.4 is 10.1 Å². The lowest BCUT2D eigenvalue weighted by molar-refractivity contribution is 0.0951. The Balaban J connectivity index is 1.92. The van der Waals surface area contributed by atoms with Gasteiger partial charge >= 0.3 is 0 Å². The van der Waals surface area contributed by atoms with Crippen LogP contribution in [0, 0.1) is 0 Å². The van der Waals surface area contributed by atoms with Gasteiger partial charge in [0.15, 0.2) is 6.73 Å². The van der Waals surface area contributed by atoms with Crippen LogP contribution in [0.4, 0.5) is 0 Å². The number of amides is 1. The van der Waals surface area contributed by atoms with Crippen LogP contribution in [-0.2, 0) is 6.73 Å². The summed E-state index contributed by atoms with van der Waals surface area (Å²) in [6.45, 7) is 4.14. The molecule has 0 unspecified atom stereocenters. The largest absolute Gasteiger partial charge is 0.471 e. The van der Waals surface area contributed by atoms with Crippen LogP contribution in [0.5, 0.6) is 5.75 Å². The second-order valence-corrected chi connectivity index (χ2v) is 4.41. The summed E-state index contributed by atoms with van der Waals surface area (Å²) < 4.78 is 7.05. The van der Waals surface area contributed by atoms with E-state index in [2.05, 4.69) is 17.0 Å². The zero-order chi connectivity index (χ0) is 14.4. The summed E-state index contributed by atoms with van der Waals surface area (Å²) in [5, 5.41) is 7.37. The highest BCUT2D eigenvalue weighted by molar-refractivity contribution is 6.30. The number of benzene rings is 1. The number of hydrogen-bond donors (Lipinski definition) is 1. The molecule has 1 N–H and O–H groups in total. The number of halogens is 1. The van der Waals surface area contributed by atoms with Gasteiger partial charge in [-0.15, -0.1) is 6.58 Å². The van der Waals surface area contributed by atoms with Crippen molar-refractivity contribution in [2.24, 2.45) is 0 Å². The van der Waals surface area contributed by atoms with Crippen LogP contribution in [0.2, 0.25) is 5.02 Å². The van der Waals surface area contributed by atoms with E-state index in [1.165, 1.54) is 4.68 Å². The molecule has 104 valence electrons. The molecule has 0 saturated carbocycles. The predicted octanol–water partition coefficient (Wildman–Crippen LogP) is 2.49. The number of aromatic nitrogens is 2. The van der Waals surface area contributed by atoms with Crippen LogP contribution >= 0.6 is 11.6 Å². The smallest absolute Gasteiger partial charge is 0.272 e. The van der Waals surface area contributed by atoms with Gasteiger partial charge in [-0.25, -0.2) is 4.68 Å². The summed E-state index contributed by atoms with van der Waals surface area (Å²) in [4.78, 5) is 11.6. The minimum absolute atomic E-state index is 0.203. The fraction of sp³-hybridized carbons (Fsp3) is 0.143. The van der Waals surface area contributed by atoms with E-state index in [-0.39, 0.29) is 12.6 Å². The van der Waals surface area contributed by atoms with Crippen LogP contribution in [0.1, 0.15) is 10.5 Å². The van der Waals surface area contributed by atoms with Crippen LogP contribution in [0.25, 0.3) is 0 Å². The molecule has 20 heavy (non-hydrogen) atoms. The number of nitrogens with zero attached hydrogens (tertiary/aromatic N) is 2. The molecule has 1 aromatic carbocycles. The van der Waals surface area contributed by atoms with E-state index in [1.54, 1.807) is 42.6 Å². The van der Waals surface area contributed by atoms with Crippen molar-refractivity contribution in [3.05, 3.63) is 59.9 Å². The first-order valence-electron chi connectivity index (χ1n) is 6.00. The van der Waals surface area contributed by atoms with Crippen molar-refractivity contribution >= 4 is 17.5 Å². The lowest BCUT2D eigenvalue weighted by atomic mass is 10.3. The third-order valence-electron chi connectivity index (χ3n) is 2.44. The van der Waals surface area contributed by atoms with E-state index in [1.807, 2.05) is 0 Å². The van der Waals surface area contributed by atoms with E-state index < -0.39 is 0 Å². The van der Waals surface area contributed by atoms with Gasteiger partial charge in [0.05, 0.1) is 0 Å². The molecular weight excluding hydrogens is 278 g/mol. The summed E-state index contributed by atoms with van der Waals surface area (Å²) in [5.41, 5.74) is 0.335. The van der Waals surface area contributed by atoms with Gasteiger partial charge in [-0.2, -0.15) is 5.10 Å². The summed E-state index contributed by atoms with van der Waals surface area (Å²) in [6.07, 6.45) is 3.28. The Labute approximate surface area is 121 Å². The molecule has 5 nitrogen and oxygen atoms in total. The van der Waals surface area contributed by atoms with Crippen LogP contribution in [0.15, 0.2) is 49.2 Å². The number of carbonyl (C=O) groups excluding carboxylic acids is 1. The Hall–Kier alpha value is -2.27. The Morgan fingerprint density at radius 2 is 2.35 bits per heavy atom. The molecule has 0 aliphatic heterocycles. The zero-order valence-electron chi connectivity index (χ0n) is 10.8. The van der Waals surface area contributed by atoms with Gasteiger partial charge in [0, 0.05) is 17.8 Å². The number of nitrogens with one attached hydrogen (secondary N) is 1. The topological polar surface area (TPSA) is 56.2 Å². The maximum atomic E-state index is 11.6. The lowest BCUT2D eigenvalue weighted by Gasteiger charge is -2.06. The molecule has 1 amide bonds. The van der Waals surface area contributed by atoms with E-state index in [4.69, 9.17) is 16.3 Å². The zero-order valence-corrected chi connectivity index (χ0v) is 11.5. The van der Waals surface area contributed by atoms with Crippen molar-refractivity contribution in [1.82, 2.24) is 15.1 Å². The van der Waals surface area contributed by atoms with Crippen molar-refractivity contribution in [1.29, 1.82) is 0 Å². The molecule has 2 rings (SSSR count). The molecule has 0 atom stereocenters. The van der Waals surface area contributed by atoms with Crippen LogP contribution in [-0.4, -0.2) is 22.2 Å². The van der Waals surface area contributed by atoms with Gasteiger partial charge in [0.25, 0.3) is 5.91 Å². The molecule has 0 saturated heterocycles. The normalized spacial score (nSPS) is 10.1. The van der Waals surface area contributed by atoms with Gasteiger partial charge in [-0.1, -0.05) is 23.7 Å². The van der Waals surface area contributed by atoms with Crippen molar-refractivity contribution < 1.29 is 9.53 Å². The highest BCUT2D eigenvalue weighted by Gasteiger charge is 2.08.